The molecule has 1 aromatic carbocycles. The van der Waals surface area contributed by atoms with Crippen molar-refractivity contribution in [1.82, 2.24) is 34.6 Å². The van der Waals surface area contributed by atoms with Crippen LogP contribution < -0.4 is 5.76 Å². The van der Waals surface area contributed by atoms with Crippen LogP contribution in [-0.4, -0.2) is 34.6 Å². The van der Waals surface area contributed by atoms with Crippen molar-refractivity contribution in [1.29, 1.82) is 5.26 Å². The van der Waals surface area contributed by atoms with Gasteiger partial charge in [0.15, 0.2) is 17.1 Å². The molecule has 1 saturated carbocycles. The molecule has 1 N–H and O–H groups in total. The first-order chi connectivity index (χ1) is 19.7. The molecule has 12 heteroatoms. The summed E-state index contributed by atoms with van der Waals surface area (Å²) in [6, 6.07) is 10.4. The van der Waals surface area contributed by atoms with E-state index in [4.69, 9.17) is 21.6 Å². The fourth-order valence-corrected chi connectivity index (χ4v) is 5.80. The Morgan fingerprint density at radius 2 is 1.98 bits per heavy atom. The van der Waals surface area contributed by atoms with Crippen molar-refractivity contribution >= 4 is 22.8 Å². The molecule has 6 rings (SSSR count). The maximum absolute atomic E-state index is 17.2. The molecule has 4 aromatic heterocycles. The van der Waals surface area contributed by atoms with Crippen LogP contribution in [-0.2, 0) is 12.2 Å². The standard InChI is InChI=1S/C29H26ClFN8O2/c1-16-7-9-17(10-8-16)15-39-23-22(19-11-20(30)14-33-13-19)34-25(26-37-28(40)41-38-26)35-24(23)36-27(39)29(2,31)21-6-4-3-5-18(21)12-32/h3-6,11,13-14,16-17H,7-10,15H2,1-2H3,(H,37,38,40)/t16-,17-,29?. The summed E-state index contributed by atoms with van der Waals surface area (Å²) in [5.41, 5.74) is -0.0793. The summed E-state index contributed by atoms with van der Waals surface area (Å²) in [6.45, 7) is 4.14. The summed E-state index contributed by atoms with van der Waals surface area (Å²) in [5, 5.41) is 13.9. The van der Waals surface area contributed by atoms with E-state index in [0.29, 0.717) is 34.3 Å². The summed E-state index contributed by atoms with van der Waals surface area (Å²) in [4.78, 5) is 32.5. The third-order valence-electron chi connectivity index (χ3n) is 7.78. The molecule has 10 nitrogen and oxygen atoms in total. The number of hydrogen-bond donors (Lipinski definition) is 1. The average molecular weight is 573 g/mol. The van der Waals surface area contributed by atoms with Gasteiger partial charge in [0.05, 0.1) is 16.7 Å². The number of rotatable bonds is 6. The van der Waals surface area contributed by atoms with Crippen molar-refractivity contribution in [2.75, 3.05) is 0 Å². The molecular formula is C29H26ClFN8O2. The van der Waals surface area contributed by atoms with Crippen LogP contribution in [0, 0.1) is 23.2 Å². The summed E-state index contributed by atoms with van der Waals surface area (Å²) in [5.74, 6) is 0.299. The number of alkyl halides is 1. The van der Waals surface area contributed by atoms with Gasteiger partial charge in [-0.15, -0.1) is 0 Å². The minimum absolute atomic E-state index is 0.00309. The smallest absolute Gasteiger partial charge is 0.322 e. The molecule has 1 aliphatic rings. The third kappa shape index (κ3) is 5.00. The Bertz CT molecular complexity index is 1850. The number of pyridine rings is 1. The van der Waals surface area contributed by atoms with Crippen molar-refractivity contribution in [3.8, 4) is 29.0 Å². The molecule has 4 heterocycles. The SMILES string of the molecule is CC(F)(c1ccccc1C#N)c1nc2nc(-c3noc(=O)[nH]3)nc(-c3cncc(Cl)c3)c2n1C[C@H]1CC[C@H](C)CC1. The van der Waals surface area contributed by atoms with E-state index < -0.39 is 11.4 Å². The number of hydrogen-bond acceptors (Lipinski definition) is 8. The van der Waals surface area contributed by atoms with Crippen LogP contribution in [0.15, 0.2) is 52.0 Å². The Kier molecular flexibility index (Phi) is 6.87. The van der Waals surface area contributed by atoms with Gasteiger partial charge in [-0.25, -0.2) is 24.1 Å². The van der Waals surface area contributed by atoms with E-state index in [9.17, 15) is 10.1 Å². The van der Waals surface area contributed by atoms with Crippen molar-refractivity contribution in [2.24, 2.45) is 11.8 Å². The number of nitrogens with one attached hydrogen (secondary N) is 1. The summed E-state index contributed by atoms with van der Waals surface area (Å²) < 4.78 is 23.7. The molecule has 41 heavy (non-hydrogen) atoms. The Morgan fingerprint density at radius 3 is 2.68 bits per heavy atom. The van der Waals surface area contributed by atoms with Crippen LogP contribution in [0.25, 0.3) is 34.1 Å². The Balaban J connectivity index is 1.64. The van der Waals surface area contributed by atoms with Gasteiger partial charge in [0, 0.05) is 30.1 Å². The fourth-order valence-electron chi connectivity index (χ4n) is 5.63. The van der Waals surface area contributed by atoms with Crippen LogP contribution >= 0.6 is 11.6 Å². The van der Waals surface area contributed by atoms with E-state index >= 15 is 4.39 Å². The zero-order chi connectivity index (χ0) is 28.7. The highest BCUT2D eigenvalue weighted by Gasteiger charge is 2.38. The molecular weight excluding hydrogens is 547 g/mol. The average Bonchev–Trinajstić information content (AvgIpc) is 3.57. The van der Waals surface area contributed by atoms with E-state index in [0.717, 1.165) is 25.7 Å². The topological polar surface area (TPSA) is 139 Å². The normalized spacial score (nSPS) is 18.7. The first-order valence-corrected chi connectivity index (χ1v) is 13.8. The second-order valence-corrected chi connectivity index (χ2v) is 11.2. The molecule has 1 aliphatic carbocycles. The van der Waals surface area contributed by atoms with Crippen molar-refractivity contribution in [3.05, 3.63) is 75.3 Å². The van der Waals surface area contributed by atoms with Crippen LogP contribution in [0.5, 0.6) is 0 Å². The van der Waals surface area contributed by atoms with Crippen molar-refractivity contribution < 1.29 is 8.91 Å². The molecule has 0 spiro atoms. The highest BCUT2D eigenvalue weighted by Crippen LogP contribution is 2.40. The monoisotopic (exact) mass is 572 g/mol. The summed E-state index contributed by atoms with van der Waals surface area (Å²) in [6.07, 6.45) is 7.26. The van der Waals surface area contributed by atoms with Gasteiger partial charge in [-0.1, -0.05) is 54.7 Å². The molecule has 0 saturated heterocycles. The lowest BCUT2D eigenvalue weighted by atomic mass is 9.83. The van der Waals surface area contributed by atoms with Crippen LogP contribution in [0.3, 0.4) is 0 Å². The van der Waals surface area contributed by atoms with Gasteiger partial charge in [-0.3, -0.25) is 14.5 Å². The Hall–Kier alpha value is -4.43. The van der Waals surface area contributed by atoms with E-state index in [-0.39, 0.29) is 40.2 Å². The number of H-pyrrole nitrogens is 1. The number of benzene rings is 1. The first-order valence-electron chi connectivity index (χ1n) is 13.4. The third-order valence-corrected chi connectivity index (χ3v) is 7.99. The maximum Gasteiger partial charge on any atom is 0.439 e. The summed E-state index contributed by atoms with van der Waals surface area (Å²) >= 11 is 6.31. The minimum Gasteiger partial charge on any atom is -0.322 e. The van der Waals surface area contributed by atoms with Crippen LogP contribution in [0.4, 0.5) is 4.39 Å². The zero-order valence-electron chi connectivity index (χ0n) is 22.4. The second kappa shape index (κ2) is 10.5. The van der Waals surface area contributed by atoms with Crippen molar-refractivity contribution in [2.45, 2.75) is 51.7 Å². The Labute approximate surface area is 239 Å². The van der Waals surface area contributed by atoms with Gasteiger partial charge in [-0.05, 0) is 43.7 Å². The van der Waals surface area contributed by atoms with Gasteiger partial charge in [0.1, 0.15) is 11.2 Å². The number of nitrogens with zero attached hydrogens (tertiary/aromatic N) is 7. The molecule has 5 aromatic rings. The van der Waals surface area contributed by atoms with Gasteiger partial charge >= 0.3 is 5.76 Å². The largest absolute Gasteiger partial charge is 0.439 e. The van der Waals surface area contributed by atoms with Crippen LogP contribution in [0.1, 0.15) is 56.5 Å². The molecule has 1 fully saturated rings. The predicted octanol–water partition coefficient (Wildman–Crippen LogP) is 5.82. The van der Waals surface area contributed by atoms with Gasteiger partial charge in [0.2, 0.25) is 11.6 Å². The predicted molar refractivity (Wildman–Crippen MR) is 150 cm³/mol. The highest BCUT2D eigenvalue weighted by molar-refractivity contribution is 6.30. The number of imidazole rings is 1. The molecule has 1 atom stereocenters. The number of aromatic amines is 1. The van der Waals surface area contributed by atoms with Gasteiger partial charge in [-0.2, -0.15) is 5.26 Å². The minimum atomic E-state index is -2.15. The Morgan fingerprint density at radius 1 is 1.20 bits per heavy atom. The lowest BCUT2D eigenvalue weighted by molar-refractivity contribution is 0.214. The van der Waals surface area contributed by atoms with E-state index in [1.165, 1.54) is 13.1 Å². The molecule has 0 radical (unpaired) electrons. The fraction of sp³-hybridized carbons (Fsp3) is 0.345. The van der Waals surface area contributed by atoms with Gasteiger partial charge in [0.25, 0.3) is 0 Å². The maximum atomic E-state index is 17.2. The number of aromatic nitrogens is 7. The number of fused-ring (bicyclic) bond motifs is 1. The number of nitriles is 1. The second-order valence-electron chi connectivity index (χ2n) is 10.7. The molecule has 0 bridgehead atoms. The molecule has 0 amide bonds. The zero-order valence-corrected chi connectivity index (χ0v) is 23.2. The quantitative estimate of drug-likeness (QED) is 0.268. The van der Waals surface area contributed by atoms with Gasteiger partial charge < -0.3 is 4.57 Å². The lowest BCUT2D eigenvalue weighted by Crippen LogP contribution is -2.27. The van der Waals surface area contributed by atoms with E-state index in [2.05, 4.69) is 37.6 Å². The van der Waals surface area contributed by atoms with Crippen molar-refractivity contribution in [3.63, 3.8) is 0 Å². The number of halogens is 2. The lowest BCUT2D eigenvalue weighted by Gasteiger charge is -2.29. The van der Waals surface area contributed by atoms with E-state index in [1.54, 1.807) is 36.5 Å². The first kappa shape index (κ1) is 26.8. The molecule has 208 valence electrons. The summed E-state index contributed by atoms with van der Waals surface area (Å²) in [7, 11) is 0. The van der Waals surface area contributed by atoms with Crippen LogP contribution in [0.2, 0.25) is 5.02 Å². The van der Waals surface area contributed by atoms with E-state index in [1.807, 2.05) is 4.57 Å². The molecule has 0 aliphatic heterocycles. The molecule has 1 unspecified atom stereocenters. The highest BCUT2D eigenvalue weighted by atomic mass is 35.5.